The fourth-order valence-electron chi connectivity index (χ4n) is 1.72. The van der Waals surface area contributed by atoms with Crippen molar-refractivity contribution in [2.75, 3.05) is 0 Å². The van der Waals surface area contributed by atoms with Crippen LogP contribution in [0, 0.1) is 22.7 Å². The topological polar surface area (TPSA) is 47.6 Å². The lowest BCUT2D eigenvalue weighted by atomic mass is 10.1. The molecule has 0 atom stereocenters. The minimum absolute atomic E-state index is 0.671. The van der Waals surface area contributed by atoms with Gasteiger partial charge in [-0.1, -0.05) is 36.4 Å². The van der Waals surface area contributed by atoms with Crippen LogP contribution in [0.1, 0.15) is 22.3 Å². The van der Waals surface area contributed by atoms with Gasteiger partial charge in [0.25, 0.3) is 0 Å². The Kier molecular flexibility index (Phi) is 4.11. The highest BCUT2D eigenvalue weighted by atomic mass is 14.2. The van der Waals surface area contributed by atoms with Crippen molar-refractivity contribution in [2.24, 2.45) is 0 Å². The third-order valence-corrected chi connectivity index (χ3v) is 2.79. The fraction of sp³-hybridized carbons (Fsp3) is 0.0588. The summed E-state index contributed by atoms with van der Waals surface area (Å²) in [7, 11) is 0. The lowest BCUT2D eigenvalue weighted by Gasteiger charge is -1.97. The van der Waals surface area contributed by atoms with Crippen molar-refractivity contribution in [1.29, 1.82) is 10.5 Å². The van der Waals surface area contributed by atoms with Crippen LogP contribution >= 0.6 is 0 Å². The zero-order valence-electron chi connectivity index (χ0n) is 10.4. The molecule has 0 saturated heterocycles. The predicted molar refractivity (Wildman–Crippen MR) is 75.1 cm³/mol. The van der Waals surface area contributed by atoms with Gasteiger partial charge >= 0.3 is 0 Å². The van der Waals surface area contributed by atoms with Crippen LogP contribution in [0.15, 0.2) is 54.6 Å². The summed E-state index contributed by atoms with van der Waals surface area (Å²) in [5.74, 6) is 0. The number of benzene rings is 2. The summed E-state index contributed by atoms with van der Waals surface area (Å²) >= 11 is 0. The average Bonchev–Trinajstić information content (AvgIpc) is 2.49. The van der Waals surface area contributed by atoms with E-state index in [4.69, 9.17) is 10.5 Å². The third kappa shape index (κ3) is 3.56. The largest absolute Gasteiger partial charge is 0.192 e. The summed E-state index contributed by atoms with van der Waals surface area (Å²) in [4.78, 5) is 0. The summed E-state index contributed by atoms with van der Waals surface area (Å²) < 4.78 is 0. The molecule has 90 valence electrons. The maximum absolute atomic E-state index is 8.71. The second kappa shape index (κ2) is 6.19. The molecule has 0 radical (unpaired) electrons. The molecule has 0 amide bonds. The Bertz CT molecular complexity index is 650. The van der Waals surface area contributed by atoms with Crippen molar-refractivity contribution >= 4 is 6.08 Å². The van der Waals surface area contributed by atoms with Crippen molar-refractivity contribution in [3.8, 4) is 12.1 Å². The van der Waals surface area contributed by atoms with E-state index in [9.17, 15) is 0 Å². The Balaban J connectivity index is 1.99. The molecule has 0 aliphatic heterocycles. The van der Waals surface area contributed by atoms with E-state index < -0.39 is 0 Å². The van der Waals surface area contributed by atoms with E-state index >= 15 is 0 Å². The molecule has 0 heterocycles. The van der Waals surface area contributed by atoms with E-state index in [-0.39, 0.29) is 0 Å². The minimum atomic E-state index is 0.671. The maximum atomic E-state index is 8.71. The first-order valence-corrected chi connectivity index (χ1v) is 5.97. The number of nitriles is 2. The molecule has 2 aromatic carbocycles. The molecule has 2 nitrogen and oxygen atoms in total. The Hall–Kier alpha value is -2.84. The standard InChI is InChI=1S/C17H12N2/c18-12-16-8-4-14(5-9-16)2-1-3-15-6-10-17(13-19)11-7-15/h1-2,4-11H,3H2/b2-1-. The second-order valence-corrected chi connectivity index (χ2v) is 4.15. The number of hydrogen-bond acceptors (Lipinski definition) is 2. The van der Waals surface area contributed by atoms with Crippen molar-refractivity contribution in [1.82, 2.24) is 0 Å². The van der Waals surface area contributed by atoms with Gasteiger partial charge in [0.2, 0.25) is 0 Å². The van der Waals surface area contributed by atoms with Crippen LogP contribution in [0.2, 0.25) is 0 Å². The van der Waals surface area contributed by atoms with Gasteiger partial charge in [-0.05, 0) is 41.8 Å². The Labute approximate surface area is 112 Å². The van der Waals surface area contributed by atoms with Crippen molar-refractivity contribution in [3.05, 3.63) is 76.9 Å². The maximum Gasteiger partial charge on any atom is 0.0991 e. The number of allylic oxidation sites excluding steroid dienone is 1. The van der Waals surface area contributed by atoms with Crippen LogP contribution < -0.4 is 0 Å². The van der Waals surface area contributed by atoms with Crippen LogP contribution in [0.5, 0.6) is 0 Å². The van der Waals surface area contributed by atoms with Gasteiger partial charge in [-0.15, -0.1) is 0 Å². The highest BCUT2D eigenvalue weighted by Gasteiger charge is 1.92. The molecular weight excluding hydrogens is 232 g/mol. The summed E-state index contributed by atoms with van der Waals surface area (Å²) in [5, 5.41) is 17.4. The fourth-order valence-corrected chi connectivity index (χ4v) is 1.72. The second-order valence-electron chi connectivity index (χ2n) is 4.15. The van der Waals surface area contributed by atoms with E-state index in [1.807, 2.05) is 42.5 Å². The van der Waals surface area contributed by atoms with Gasteiger partial charge in [0.15, 0.2) is 0 Å². The van der Waals surface area contributed by atoms with Gasteiger partial charge in [0, 0.05) is 0 Å². The molecule has 0 aromatic heterocycles. The molecular formula is C17H12N2. The molecule has 2 rings (SSSR count). The highest BCUT2D eigenvalue weighted by molar-refractivity contribution is 5.51. The number of hydrogen-bond donors (Lipinski definition) is 0. The first kappa shape index (κ1) is 12.6. The van der Waals surface area contributed by atoms with Gasteiger partial charge in [-0.2, -0.15) is 10.5 Å². The van der Waals surface area contributed by atoms with E-state index in [0.29, 0.717) is 11.1 Å². The molecule has 19 heavy (non-hydrogen) atoms. The first-order valence-electron chi connectivity index (χ1n) is 5.97. The zero-order chi connectivity index (χ0) is 13.5. The number of nitrogens with zero attached hydrogens (tertiary/aromatic N) is 2. The van der Waals surface area contributed by atoms with E-state index in [1.54, 1.807) is 12.1 Å². The molecule has 2 aromatic rings. The summed E-state index contributed by atoms with van der Waals surface area (Å²) in [5.41, 5.74) is 3.60. The van der Waals surface area contributed by atoms with Gasteiger partial charge in [0.1, 0.15) is 0 Å². The molecule has 0 saturated carbocycles. The van der Waals surface area contributed by atoms with Gasteiger partial charge < -0.3 is 0 Å². The Morgan fingerprint density at radius 3 is 1.84 bits per heavy atom. The van der Waals surface area contributed by atoms with Crippen molar-refractivity contribution < 1.29 is 0 Å². The normalized spacial score (nSPS) is 10.0. The molecule has 0 aliphatic carbocycles. The molecule has 0 N–H and O–H groups in total. The number of rotatable bonds is 3. The molecule has 0 fully saturated rings. The molecule has 0 bridgehead atoms. The van der Waals surface area contributed by atoms with Gasteiger partial charge in [-0.3, -0.25) is 0 Å². The van der Waals surface area contributed by atoms with Gasteiger partial charge in [-0.25, -0.2) is 0 Å². The van der Waals surface area contributed by atoms with Crippen molar-refractivity contribution in [2.45, 2.75) is 6.42 Å². The highest BCUT2D eigenvalue weighted by Crippen LogP contribution is 2.08. The van der Waals surface area contributed by atoms with Crippen LogP contribution in [-0.4, -0.2) is 0 Å². The minimum Gasteiger partial charge on any atom is -0.192 e. The summed E-state index contributed by atoms with van der Waals surface area (Å²) in [6, 6.07) is 19.2. The molecule has 0 spiro atoms. The van der Waals surface area contributed by atoms with E-state index in [2.05, 4.69) is 18.2 Å². The predicted octanol–water partition coefficient (Wildman–Crippen LogP) is 3.69. The monoisotopic (exact) mass is 244 g/mol. The van der Waals surface area contributed by atoms with E-state index in [0.717, 1.165) is 12.0 Å². The zero-order valence-corrected chi connectivity index (χ0v) is 10.4. The summed E-state index contributed by atoms with van der Waals surface area (Å²) in [6.07, 6.45) is 4.92. The van der Waals surface area contributed by atoms with Crippen LogP contribution in [-0.2, 0) is 6.42 Å². The van der Waals surface area contributed by atoms with E-state index in [1.165, 1.54) is 5.56 Å². The average molecular weight is 244 g/mol. The molecule has 0 aliphatic rings. The van der Waals surface area contributed by atoms with Crippen LogP contribution in [0.3, 0.4) is 0 Å². The third-order valence-electron chi connectivity index (χ3n) is 2.79. The van der Waals surface area contributed by atoms with Crippen LogP contribution in [0.25, 0.3) is 6.08 Å². The first-order chi connectivity index (χ1) is 9.31. The van der Waals surface area contributed by atoms with Gasteiger partial charge in [0.05, 0.1) is 23.3 Å². The quantitative estimate of drug-likeness (QED) is 0.826. The SMILES string of the molecule is N#Cc1ccc(/C=C\Cc2ccc(C#N)cc2)cc1. The summed E-state index contributed by atoms with van der Waals surface area (Å²) in [6.45, 7) is 0. The molecule has 0 unspecified atom stereocenters. The lowest BCUT2D eigenvalue weighted by molar-refractivity contribution is 1.27. The molecule has 2 heteroatoms. The Morgan fingerprint density at radius 1 is 0.789 bits per heavy atom. The Morgan fingerprint density at radius 2 is 1.32 bits per heavy atom. The smallest absolute Gasteiger partial charge is 0.0991 e. The van der Waals surface area contributed by atoms with Crippen LogP contribution in [0.4, 0.5) is 0 Å². The van der Waals surface area contributed by atoms with Crippen molar-refractivity contribution in [3.63, 3.8) is 0 Å². The lowest BCUT2D eigenvalue weighted by Crippen LogP contribution is -1.82.